The Bertz CT molecular complexity index is 362. The first kappa shape index (κ1) is 12.6. The summed E-state index contributed by atoms with van der Waals surface area (Å²) < 4.78 is 0. The van der Waals surface area contributed by atoms with Gasteiger partial charge in [-0.15, -0.1) is 11.3 Å². The van der Waals surface area contributed by atoms with Gasteiger partial charge in [0.2, 0.25) is 0 Å². The average molecular weight is 252 g/mol. The molecule has 0 aromatic carbocycles. The molecule has 1 fully saturated rings. The van der Waals surface area contributed by atoms with Crippen LogP contribution in [0.15, 0.2) is 22.7 Å². The first-order valence-electron chi connectivity index (χ1n) is 6.29. The molecule has 4 heteroatoms. The minimum Gasteiger partial charge on any atom is -0.411 e. The van der Waals surface area contributed by atoms with Crippen LogP contribution in [0.4, 0.5) is 0 Å². The van der Waals surface area contributed by atoms with E-state index in [9.17, 15) is 0 Å². The highest BCUT2D eigenvalue weighted by molar-refractivity contribution is 7.09. The van der Waals surface area contributed by atoms with Crippen LogP contribution in [0.1, 0.15) is 24.6 Å². The van der Waals surface area contributed by atoms with Gasteiger partial charge in [-0.2, -0.15) is 0 Å². The van der Waals surface area contributed by atoms with Gasteiger partial charge in [0.05, 0.1) is 5.71 Å². The molecule has 3 nitrogen and oxygen atoms in total. The maximum Gasteiger partial charge on any atom is 0.0627 e. The van der Waals surface area contributed by atoms with Crippen molar-refractivity contribution in [2.24, 2.45) is 11.1 Å². The second kappa shape index (κ2) is 6.17. The van der Waals surface area contributed by atoms with E-state index >= 15 is 0 Å². The summed E-state index contributed by atoms with van der Waals surface area (Å²) in [4.78, 5) is 3.95. The fourth-order valence-electron chi connectivity index (χ4n) is 2.41. The second-order valence-electron chi connectivity index (χ2n) is 4.58. The predicted molar refractivity (Wildman–Crippen MR) is 72.1 cm³/mol. The normalized spacial score (nSPS) is 24.3. The van der Waals surface area contributed by atoms with E-state index in [1.165, 1.54) is 4.88 Å². The molecule has 0 radical (unpaired) electrons. The molecule has 0 bridgehead atoms. The molecule has 1 aromatic rings. The largest absolute Gasteiger partial charge is 0.411 e. The topological polar surface area (TPSA) is 35.8 Å². The quantitative estimate of drug-likeness (QED) is 0.660. The van der Waals surface area contributed by atoms with Crippen molar-refractivity contribution in [3.63, 3.8) is 0 Å². The van der Waals surface area contributed by atoms with Crippen LogP contribution in [0, 0.1) is 5.92 Å². The van der Waals surface area contributed by atoms with Crippen molar-refractivity contribution in [1.29, 1.82) is 0 Å². The summed E-state index contributed by atoms with van der Waals surface area (Å²) in [5.41, 5.74) is 0.986. The third-order valence-electron chi connectivity index (χ3n) is 3.51. The van der Waals surface area contributed by atoms with E-state index in [2.05, 4.69) is 34.5 Å². The molecule has 1 saturated heterocycles. The van der Waals surface area contributed by atoms with Gasteiger partial charge in [0.15, 0.2) is 0 Å². The third-order valence-corrected chi connectivity index (χ3v) is 4.45. The summed E-state index contributed by atoms with van der Waals surface area (Å²) in [6.45, 7) is 5.36. The van der Waals surface area contributed by atoms with Crippen molar-refractivity contribution in [3.05, 3.63) is 22.4 Å². The molecule has 0 saturated carbocycles. The number of piperidine rings is 1. The van der Waals surface area contributed by atoms with Crippen LogP contribution in [-0.2, 0) is 6.42 Å². The van der Waals surface area contributed by atoms with Crippen LogP contribution >= 0.6 is 11.3 Å². The van der Waals surface area contributed by atoms with E-state index in [1.54, 1.807) is 0 Å². The van der Waals surface area contributed by atoms with E-state index in [4.69, 9.17) is 5.21 Å². The maximum absolute atomic E-state index is 8.93. The zero-order valence-corrected chi connectivity index (χ0v) is 11.1. The lowest BCUT2D eigenvalue weighted by molar-refractivity contribution is 0.230. The molecular weight excluding hydrogens is 232 g/mol. The van der Waals surface area contributed by atoms with Gasteiger partial charge in [0.1, 0.15) is 0 Å². The molecule has 1 aromatic heterocycles. The standard InChI is InChI=1S/C13H20N2OS/c1-2-11-10-15(8-6-13(11)14-16)7-5-12-4-3-9-17-12/h3-4,9,11,16H,2,5-8,10H2,1H3/b14-13+. The van der Waals surface area contributed by atoms with Gasteiger partial charge in [-0.3, -0.25) is 0 Å². The van der Waals surface area contributed by atoms with Gasteiger partial charge in [-0.25, -0.2) is 0 Å². The van der Waals surface area contributed by atoms with Crippen molar-refractivity contribution in [2.75, 3.05) is 19.6 Å². The van der Waals surface area contributed by atoms with E-state index in [0.29, 0.717) is 5.92 Å². The Hall–Kier alpha value is -0.870. The van der Waals surface area contributed by atoms with Gasteiger partial charge in [0.25, 0.3) is 0 Å². The van der Waals surface area contributed by atoms with E-state index < -0.39 is 0 Å². The van der Waals surface area contributed by atoms with Crippen LogP contribution < -0.4 is 0 Å². The van der Waals surface area contributed by atoms with Gasteiger partial charge in [-0.1, -0.05) is 18.1 Å². The number of hydrogen-bond acceptors (Lipinski definition) is 4. The first-order chi connectivity index (χ1) is 8.33. The minimum absolute atomic E-state index is 0.442. The van der Waals surface area contributed by atoms with E-state index in [-0.39, 0.29) is 0 Å². The Kier molecular flexibility index (Phi) is 4.57. The molecule has 1 atom stereocenters. The molecular formula is C13H20N2OS. The molecule has 2 rings (SSSR count). The van der Waals surface area contributed by atoms with Gasteiger partial charge in [-0.05, 0) is 24.3 Å². The summed E-state index contributed by atoms with van der Waals surface area (Å²) in [6, 6.07) is 4.31. The van der Waals surface area contributed by atoms with E-state index in [0.717, 1.165) is 44.6 Å². The average Bonchev–Trinajstić information content (AvgIpc) is 2.89. The lowest BCUT2D eigenvalue weighted by Gasteiger charge is -2.32. The van der Waals surface area contributed by atoms with Crippen LogP contribution in [0.3, 0.4) is 0 Å². The molecule has 1 aliphatic heterocycles. The fraction of sp³-hybridized carbons (Fsp3) is 0.615. The fourth-order valence-corrected chi connectivity index (χ4v) is 3.11. The Morgan fingerprint density at radius 3 is 3.12 bits per heavy atom. The monoisotopic (exact) mass is 252 g/mol. The molecule has 0 aliphatic carbocycles. The number of rotatable bonds is 4. The minimum atomic E-state index is 0.442. The summed E-state index contributed by atoms with van der Waals surface area (Å²) >= 11 is 1.83. The number of likely N-dealkylation sites (tertiary alicyclic amines) is 1. The summed E-state index contributed by atoms with van der Waals surface area (Å²) in [5.74, 6) is 0.442. The molecule has 0 spiro atoms. The summed E-state index contributed by atoms with van der Waals surface area (Å²) in [7, 11) is 0. The van der Waals surface area contributed by atoms with Crippen molar-refractivity contribution in [2.45, 2.75) is 26.2 Å². The van der Waals surface area contributed by atoms with Crippen LogP contribution in [0.5, 0.6) is 0 Å². The molecule has 1 aliphatic rings. The molecule has 17 heavy (non-hydrogen) atoms. The highest BCUT2D eigenvalue weighted by atomic mass is 32.1. The van der Waals surface area contributed by atoms with Crippen molar-refractivity contribution in [3.8, 4) is 0 Å². The van der Waals surface area contributed by atoms with E-state index in [1.807, 2.05) is 11.3 Å². The number of hydrogen-bond donors (Lipinski definition) is 1. The van der Waals surface area contributed by atoms with Gasteiger partial charge < -0.3 is 10.1 Å². The third kappa shape index (κ3) is 3.30. The SMILES string of the molecule is CCC1CN(CCc2cccs2)CC/C1=N\O. The maximum atomic E-state index is 8.93. The highest BCUT2D eigenvalue weighted by Crippen LogP contribution is 2.18. The van der Waals surface area contributed by atoms with Crippen molar-refractivity contribution >= 4 is 17.0 Å². The molecule has 2 heterocycles. The van der Waals surface area contributed by atoms with Gasteiger partial charge >= 0.3 is 0 Å². The number of nitrogens with zero attached hydrogens (tertiary/aromatic N) is 2. The zero-order valence-electron chi connectivity index (χ0n) is 10.3. The Morgan fingerprint density at radius 2 is 2.47 bits per heavy atom. The highest BCUT2D eigenvalue weighted by Gasteiger charge is 2.24. The number of thiophene rings is 1. The lowest BCUT2D eigenvalue weighted by Crippen LogP contribution is -2.41. The Balaban J connectivity index is 1.83. The molecule has 0 amide bonds. The van der Waals surface area contributed by atoms with Crippen LogP contribution in [-0.4, -0.2) is 35.5 Å². The summed E-state index contributed by atoms with van der Waals surface area (Å²) in [6.07, 6.45) is 3.12. The second-order valence-corrected chi connectivity index (χ2v) is 5.61. The first-order valence-corrected chi connectivity index (χ1v) is 7.17. The lowest BCUT2D eigenvalue weighted by atomic mass is 9.93. The molecule has 94 valence electrons. The van der Waals surface area contributed by atoms with Crippen molar-refractivity contribution in [1.82, 2.24) is 4.90 Å². The molecule has 1 N–H and O–H groups in total. The number of oxime groups is 1. The molecule has 1 unspecified atom stereocenters. The van der Waals surface area contributed by atoms with Crippen LogP contribution in [0.25, 0.3) is 0 Å². The van der Waals surface area contributed by atoms with Crippen LogP contribution in [0.2, 0.25) is 0 Å². The Labute approximate surface area is 107 Å². The predicted octanol–water partition coefficient (Wildman–Crippen LogP) is 2.85. The smallest absolute Gasteiger partial charge is 0.0627 e. The van der Waals surface area contributed by atoms with Gasteiger partial charge in [0, 0.05) is 36.9 Å². The Morgan fingerprint density at radius 1 is 1.59 bits per heavy atom. The van der Waals surface area contributed by atoms with Crippen molar-refractivity contribution < 1.29 is 5.21 Å². The summed E-state index contributed by atoms with van der Waals surface area (Å²) in [5, 5.41) is 14.5. The zero-order chi connectivity index (χ0) is 12.1.